The van der Waals surface area contributed by atoms with E-state index in [9.17, 15) is 4.79 Å². The van der Waals surface area contributed by atoms with Gasteiger partial charge in [-0.15, -0.1) is 0 Å². The average molecular weight is 625 g/mol. The number of benzene rings is 2. The van der Waals surface area contributed by atoms with Crippen LogP contribution in [0.25, 0.3) is 10.9 Å². The first kappa shape index (κ1) is 31.2. The molecule has 4 aliphatic carbocycles. The molecule has 4 aliphatic rings. The zero-order valence-corrected chi connectivity index (χ0v) is 29.0. The summed E-state index contributed by atoms with van der Waals surface area (Å²) in [6.07, 6.45) is 15.6. The van der Waals surface area contributed by atoms with Gasteiger partial charge in [-0.3, -0.25) is 9.78 Å². The number of carbonyl (C=O) groups excluding carboxylic acids is 1. The number of halogens is 1. The minimum absolute atomic E-state index is 0.0240. The molecule has 8 atom stereocenters. The van der Waals surface area contributed by atoms with Gasteiger partial charge < -0.3 is 5.32 Å². The van der Waals surface area contributed by atoms with Gasteiger partial charge >= 0.3 is 0 Å². The number of nitrogens with one attached hydrogen (secondary N) is 1. The van der Waals surface area contributed by atoms with Crippen molar-refractivity contribution in [3.63, 3.8) is 0 Å². The van der Waals surface area contributed by atoms with E-state index in [1.54, 1.807) is 6.92 Å². The van der Waals surface area contributed by atoms with Crippen LogP contribution in [0.4, 0.5) is 5.69 Å². The van der Waals surface area contributed by atoms with E-state index in [1.807, 2.05) is 31.2 Å². The summed E-state index contributed by atoms with van der Waals surface area (Å²) in [6, 6.07) is 14.6. The molecule has 0 amide bonds. The number of nitrogens with zero attached hydrogens (tertiary/aromatic N) is 1. The fourth-order valence-electron chi connectivity index (χ4n) is 11.3. The average Bonchev–Trinajstić information content (AvgIpc) is 3.32. The molecule has 2 aromatic carbocycles. The highest BCUT2D eigenvalue weighted by Crippen LogP contribution is 2.67. The molecule has 8 unspecified atom stereocenters. The molecule has 0 saturated heterocycles. The summed E-state index contributed by atoms with van der Waals surface area (Å²) in [7, 11) is 0. The first-order chi connectivity index (χ1) is 21.6. The quantitative estimate of drug-likeness (QED) is 0.266. The number of fused-ring (bicyclic) bond motifs is 6. The Morgan fingerprint density at radius 2 is 1.76 bits per heavy atom. The van der Waals surface area contributed by atoms with Crippen molar-refractivity contribution < 1.29 is 4.79 Å². The number of anilines is 1. The van der Waals surface area contributed by atoms with Crippen LogP contribution in [0.1, 0.15) is 119 Å². The van der Waals surface area contributed by atoms with E-state index >= 15 is 0 Å². The van der Waals surface area contributed by atoms with Gasteiger partial charge in [0.25, 0.3) is 0 Å². The monoisotopic (exact) mass is 624 g/mol. The SMILES string of the molecule is CC(=O)c1c(C)nc2ccccc2c1NCc1ccc(CCC2CCC3(C)C(CCC4C5CCC(C)C5(C)CCC43)C2)cc1Cl. The van der Waals surface area contributed by atoms with Crippen LogP contribution in [0.2, 0.25) is 5.02 Å². The number of para-hydroxylation sites is 1. The lowest BCUT2D eigenvalue weighted by molar-refractivity contribution is -0.117. The van der Waals surface area contributed by atoms with Crippen LogP contribution < -0.4 is 5.32 Å². The number of pyridine rings is 1. The van der Waals surface area contributed by atoms with Crippen LogP contribution in [-0.2, 0) is 13.0 Å². The highest BCUT2D eigenvalue weighted by molar-refractivity contribution is 6.31. The standard InChI is InChI=1S/C41H53ClN2O/c1-25-10-17-34-32-16-15-31-22-29(18-20-41(31,5)35(32)19-21-40(25,34)4)12-11-28-13-14-30(36(42)23-28)24-43-39-33-8-6-7-9-37(33)44-26(2)38(39)27(3)45/h6-9,13-14,23,25,29,31-32,34-35H,10-12,15-22,24H2,1-5H3,(H,43,44). The molecule has 7 rings (SSSR count). The molecular weight excluding hydrogens is 572 g/mol. The lowest BCUT2D eigenvalue weighted by Gasteiger charge is -2.61. The smallest absolute Gasteiger partial charge is 0.163 e. The predicted octanol–water partition coefficient (Wildman–Crippen LogP) is 11.2. The van der Waals surface area contributed by atoms with E-state index in [4.69, 9.17) is 11.6 Å². The molecule has 1 heterocycles. The number of rotatable bonds is 7. The van der Waals surface area contributed by atoms with E-state index in [2.05, 4.69) is 49.3 Å². The maximum absolute atomic E-state index is 12.6. The minimum Gasteiger partial charge on any atom is -0.380 e. The number of hydrogen-bond donors (Lipinski definition) is 1. The molecule has 3 aromatic rings. The molecular formula is C41H53ClN2O. The molecule has 4 fully saturated rings. The Morgan fingerprint density at radius 1 is 0.978 bits per heavy atom. The highest BCUT2D eigenvalue weighted by Gasteiger charge is 2.59. The largest absolute Gasteiger partial charge is 0.380 e. The van der Waals surface area contributed by atoms with Crippen LogP contribution >= 0.6 is 11.6 Å². The van der Waals surface area contributed by atoms with Crippen molar-refractivity contribution in [3.8, 4) is 0 Å². The van der Waals surface area contributed by atoms with Gasteiger partial charge in [0.15, 0.2) is 5.78 Å². The minimum atomic E-state index is 0.0240. The fourth-order valence-corrected chi connectivity index (χ4v) is 11.5. The molecule has 0 aliphatic heterocycles. The van der Waals surface area contributed by atoms with Crippen molar-refractivity contribution in [1.82, 2.24) is 4.98 Å². The number of Topliss-reactive ketones (excluding diaryl/α,β-unsaturated/α-hetero) is 1. The lowest BCUT2D eigenvalue weighted by Crippen LogP contribution is -2.53. The first-order valence-corrected chi connectivity index (χ1v) is 18.4. The van der Waals surface area contributed by atoms with Crippen LogP contribution in [0, 0.1) is 53.3 Å². The van der Waals surface area contributed by atoms with E-state index in [-0.39, 0.29) is 5.78 Å². The van der Waals surface area contributed by atoms with Crippen molar-refractivity contribution in [3.05, 3.63) is 69.9 Å². The topological polar surface area (TPSA) is 42.0 Å². The summed E-state index contributed by atoms with van der Waals surface area (Å²) in [6.45, 7) is 12.0. The Labute approximate surface area is 276 Å². The number of aromatic nitrogens is 1. The Bertz CT molecular complexity index is 1600. The third-order valence-electron chi connectivity index (χ3n) is 14.1. The summed E-state index contributed by atoms with van der Waals surface area (Å²) in [5.41, 5.74) is 6.76. The zero-order chi connectivity index (χ0) is 31.5. The molecule has 45 heavy (non-hydrogen) atoms. The summed E-state index contributed by atoms with van der Waals surface area (Å²) in [4.78, 5) is 17.2. The van der Waals surface area contributed by atoms with Gasteiger partial charge in [-0.2, -0.15) is 0 Å². The van der Waals surface area contributed by atoms with Gasteiger partial charge in [-0.05, 0) is 154 Å². The Balaban J connectivity index is 0.977. The van der Waals surface area contributed by atoms with Crippen LogP contribution in [0.5, 0.6) is 0 Å². The maximum atomic E-state index is 12.6. The highest BCUT2D eigenvalue weighted by atomic mass is 35.5. The number of hydrogen-bond acceptors (Lipinski definition) is 3. The third-order valence-corrected chi connectivity index (χ3v) is 14.4. The number of carbonyl (C=O) groups is 1. The van der Waals surface area contributed by atoms with Crippen molar-refractivity contribution in [2.45, 2.75) is 112 Å². The normalized spacial score (nSPS) is 34.2. The lowest BCUT2D eigenvalue weighted by atomic mass is 9.44. The fraction of sp³-hybridized carbons (Fsp3) is 0.610. The summed E-state index contributed by atoms with van der Waals surface area (Å²) >= 11 is 6.88. The Kier molecular flexibility index (Phi) is 8.33. The maximum Gasteiger partial charge on any atom is 0.163 e. The van der Waals surface area contributed by atoms with Gasteiger partial charge in [0.2, 0.25) is 0 Å². The molecule has 240 valence electrons. The molecule has 0 bridgehead atoms. The second-order valence-electron chi connectivity index (χ2n) is 16.2. The van der Waals surface area contributed by atoms with Gasteiger partial charge in [0, 0.05) is 17.0 Å². The van der Waals surface area contributed by atoms with Crippen LogP contribution in [0.3, 0.4) is 0 Å². The molecule has 0 spiro atoms. The van der Waals surface area contributed by atoms with Gasteiger partial charge in [0.1, 0.15) is 0 Å². The van der Waals surface area contributed by atoms with E-state index in [0.717, 1.165) is 74.8 Å². The van der Waals surface area contributed by atoms with Gasteiger partial charge in [0.05, 0.1) is 22.5 Å². The van der Waals surface area contributed by atoms with Gasteiger partial charge in [-0.1, -0.05) is 62.7 Å². The molecule has 4 heteroatoms. The Morgan fingerprint density at radius 3 is 2.56 bits per heavy atom. The van der Waals surface area contributed by atoms with Crippen molar-refractivity contribution >= 4 is 34.0 Å². The summed E-state index contributed by atoms with van der Waals surface area (Å²) in [5.74, 6) is 5.68. The zero-order valence-electron chi connectivity index (χ0n) is 28.2. The molecule has 4 saturated carbocycles. The second kappa shape index (κ2) is 12.0. The van der Waals surface area contributed by atoms with Crippen molar-refractivity contribution in [2.75, 3.05) is 5.32 Å². The number of ketones is 1. The number of aryl methyl sites for hydroxylation is 2. The molecule has 3 nitrogen and oxygen atoms in total. The van der Waals surface area contributed by atoms with Crippen molar-refractivity contribution in [2.24, 2.45) is 46.3 Å². The Hall–Kier alpha value is -2.39. The van der Waals surface area contributed by atoms with E-state index < -0.39 is 0 Å². The van der Waals surface area contributed by atoms with Crippen LogP contribution in [-0.4, -0.2) is 10.8 Å². The van der Waals surface area contributed by atoms with Crippen molar-refractivity contribution in [1.29, 1.82) is 0 Å². The first-order valence-electron chi connectivity index (χ1n) is 18.0. The van der Waals surface area contributed by atoms with Crippen LogP contribution in [0.15, 0.2) is 42.5 Å². The van der Waals surface area contributed by atoms with E-state index in [0.29, 0.717) is 22.9 Å². The second-order valence-corrected chi connectivity index (χ2v) is 16.6. The summed E-state index contributed by atoms with van der Waals surface area (Å²) in [5, 5.41) is 5.33. The molecule has 1 aromatic heterocycles. The molecule has 1 N–H and O–H groups in total. The summed E-state index contributed by atoms with van der Waals surface area (Å²) < 4.78 is 0. The van der Waals surface area contributed by atoms with E-state index in [1.165, 1.54) is 69.8 Å². The van der Waals surface area contributed by atoms with Gasteiger partial charge in [-0.25, -0.2) is 0 Å². The predicted molar refractivity (Wildman–Crippen MR) is 188 cm³/mol. The third kappa shape index (κ3) is 5.43. The molecule has 0 radical (unpaired) electrons.